The highest BCUT2D eigenvalue weighted by Gasteiger charge is 2.32. The smallest absolute Gasteiger partial charge is 0.497 e. The van der Waals surface area contributed by atoms with Gasteiger partial charge >= 0.3 is 12.5 Å². The van der Waals surface area contributed by atoms with Crippen molar-refractivity contribution in [3.63, 3.8) is 0 Å². The van der Waals surface area contributed by atoms with Gasteiger partial charge in [0.2, 0.25) is 5.91 Å². The molecule has 2 amide bonds. The molecule has 5 rings (SSSR count). The molecule has 1 unspecified atom stereocenters. The van der Waals surface area contributed by atoms with Gasteiger partial charge in [-0.2, -0.15) is 4.99 Å². The highest BCUT2D eigenvalue weighted by Crippen LogP contribution is 2.32. The maximum atomic E-state index is 14.9. The first-order valence-corrected chi connectivity index (χ1v) is 13.9. The monoisotopic (exact) mass is 629 g/mol. The van der Waals surface area contributed by atoms with E-state index < -0.39 is 25.2 Å². The summed E-state index contributed by atoms with van der Waals surface area (Å²) in [4.78, 5) is 34.3. The van der Waals surface area contributed by atoms with Crippen molar-refractivity contribution in [2.45, 2.75) is 19.5 Å². The average molecular weight is 630 g/mol. The molecule has 1 atom stereocenters. The predicted molar refractivity (Wildman–Crippen MR) is 154 cm³/mol. The molecule has 1 aromatic heterocycles. The van der Waals surface area contributed by atoms with Gasteiger partial charge in [0, 0.05) is 5.56 Å². The summed E-state index contributed by atoms with van der Waals surface area (Å²) in [7, 11) is 1.53. The van der Waals surface area contributed by atoms with Crippen molar-refractivity contribution in [2.75, 3.05) is 24.4 Å². The second-order valence-corrected chi connectivity index (χ2v) is 10.2. The van der Waals surface area contributed by atoms with Gasteiger partial charge < -0.3 is 14.2 Å². The van der Waals surface area contributed by atoms with Crippen LogP contribution in [0.2, 0.25) is 0 Å². The zero-order valence-electron chi connectivity index (χ0n) is 23.1. The van der Waals surface area contributed by atoms with Gasteiger partial charge in [-0.05, 0) is 60.5 Å². The number of rotatable bonds is 8. The number of thioether (sulfide) groups is 1. The van der Waals surface area contributed by atoms with Crippen LogP contribution in [-0.4, -0.2) is 57.8 Å². The minimum atomic E-state index is -4.79. The molecule has 44 heavy (non-hydrogen) atoms. The van der Waals surface area contributed by atoms with Gasteiger partial charge in [-0.25, -0.2) is 18.9 Å². The molecule has 15 heteroatoms. The molecule has 0 aliphatic carbocycles. The Hall–Kier alpha value is -4.92. The second kappa shape index (κ2) is 12.8. The van der Waals surface area contributed by atoms with E-state index in [1.54, 1.807) is 37.3 Å². The molecule has 1 fully saturated rings. The number of anilines is 1. The van der Waals surface area contributed by atoms with Gasteiger partial charge in [0.25, 0.3) is 0 Å². The van der Waals surface area contributed by atoms with Gasteiger partial charge in [-0.1, -0.05) is 36.0 Å². The van der Waals surface area contributed by atoms with Crippen LogP contribution in [0.1, 0.15) is 17.3 Å². The molecule has 4 aromatic rings. The standard InChI is InChI=1S/C29H23F4N5O5S/c1-17-13-22(41-2)11-12-24(17)38-25(39)15-44-27(38)35-28(40)42-14-23(30)18-3-5-19(6-4-18)26-34-16-37(36-26)20-7-9-21(10-8-20)43-29(31,32)33/h3-13,16,23H,14-15H2,1-2H3/b35-27-. The highest BCUT2D eigenvalue weighted by atomic mass is 32.2. The number of carbonyl (C=O) groups excluding carboxylic acids is 2. The van der Waals surface area contributed by atoms with Crippen LogP contribution in [0, 0.1) is 6.92 Å². The quantitative estimate of drug-likeness (QED) is 0.205. The normalized spacial score (nSPS) is 15.0. The summed E-state index contributed by atoms with van der Waals surface area (Å²) >= 11 is 1.07. The van der Waals surface area contributed by atoms with Crippen molar-refractivity contribution in [1.29, 1.82) is 0 Å². The van der Waals surface area contributed by atoms with Crippen LogP contribution in [-0.2, 0) is 9.53 Å². The molecule has 10 nitrogen and oxygen atoms in total. The minimum Gasteiger partial charge on any atom is -0.497 e. The van der Waals surface area contributed by atoms with Gasteiger partial charge in [-0.3, -0.25) is 9.69 Å². The molecule has 1 aliphatic rings. The third-order valence-corrected chi connectivity index (χ3v) is 7.23. The number of aryl methyl sites for hydroxylation is 1. The number of halogens is 4. The Balaban J connectivity index is 1.19. The predicted octanol–water partition coefficient (Wildman–Crippen LogP) is 6.43. The topological polar surface area (TPSA) is 108 Å². The zero-order chi connectivity index (χ0) is 31.4. The number of hydrogen-bond donors (Lipinski definition) is 0. The average Bonchev–Trinajstić information content (AvgIpc) is 3.63. The number of aromatic nitrogens is 3. The Morgan fingerprint density at radius 2 is 1.77 bits per heavy atom. The molecule has 228 valence electrons. The Kier molecular flexibility index (Phi) is 8.85. The molecule has 1 aliphatic heterocycles. The fourth-order valence-corrected chi connectivity index (χ4v) is 5.05. The third kappa shape index (κ3) is 7.16. The summed E-state index contributed by atoms with van der Waals surface area (Å²) in [6.07, 6.45) is -6.10. The van der Waals surface area contributed by atoms with Crippen molar-refractivity contribution in [3.8, 4) is 28.6 Å². The molecule has 0 radical (unpaired) electrons. The fourth-order valence-electron chi connectivity index (χ4n) is 4.20. The van der Waals surface area contributed by atoms with E-state index in [1.807, 2.05) is 0 Å². The number of amidine groups is 1. The van der Waals surface area contributed by atoms with Crippen LogP contribution in [0.5, 0.6) is 11.5 Å². The van der Waals surface area contributed by atoms with Crippen molar-refractivity contribution < 1.29 is 41.4 Å². The third-order valence-electron chi connectivity index (χ3n) is 6.31. The summed E-state index contributed by atoms with van der Waals surface area (Å²) in [6, 6.07) is 16.4. The van der Waals surface area contributed by atoms with Crippen LogP contribution in [0.4, 0.5) is 28.0 Å². The lowest BCUT2D eigenvalue weighted by atomic mass is 10.1. The Bertz CT molecular complexity index is 1690. The lowest BCUT2D eigenvalue weighted by Gasteiger charge is -2.18. The number of aliphatic imine (C=N–C) groups is 1. The Labute approximate surface area is 252 Å². The number of nitrogens with zero attached hydrogens (tertiary/aromatic N) is 5. The molecular weight excluding hydrogens is 606 g/mol. The summed E-state index contributed by atoms with van der Waals surface area (Å²) in [6.45, 7) is 1.19. The molecule has 3 aromatic carbocycles. The molecule has 0 N–H and O–H groups in total. The second-order valence-electron chi connectivity index (χ2n) is 9.29. The van der Waals surface area contributed by atoms with E-state index in [4.69, 9.17) is 9.47 Å². The number of ether oxygens (including phenoxy) is 3. The lowest BCUT2D eigenvalue weighted by Crippen LogP contribution is -2.30. The van der Waals surface area contributed by atoms with Crippen LogP contribution >= 0.6 is 11.8 Å². The van der Waals surface area contributed by atoms with Crippen molar-refractivity contribution in [3.05, 3.63) is 84.2 Å². The maximum Gasteiger partial charge on any atom is 0.573 e. The maximum absolute atomic E-state index is 14.9. The molecular formula is C29H23F4N5O5S. The number of benzene rings is 3. The van der Waals surface area contributed by atoms with E-state index in [2.05, 4.69) is 19.8 Å². The molecule has 0 saturated carbocycles. The largest absolute Gasteiger partial charge is 0.573 e. The van der Waals surface area contributed by atoms with Gasteiger partial charge in [0.15, 0.2) is 17.2 Å². The first-order chi connectivity index (χ1) is 21.0. The number of methoxy groups -OCH3 is 1. The molecule has 1 saturated heterocycles. The number of alkyl halides is 4. The first kappa shape index (κ1) is 30.5. The van der Waals surface area contributed by atoms with E-state index in [9.17, 15) is 27.2 Å². The van der Waals surface area contributed by atoms with Gasteiger partial charge in [-0.15, -0.1) is 18.3 Å². The summed E-state index contributed by atoms with van der Waals surface area (Å²) in [5.41, 5.74) is 2.52. The number of hydrogen-bond acceptors (Lipinski definition) is 8. The minimum absolute atomic E-state index is 0.0892. The number of carbonyl (C=O) groups is 2. The van der Waals surface area contributed by atoms with E-state index in [0.717, 1.165) is 29.5 Å². The van der Waals surface area contributed by atoms with Crippen LogP contribution in [0.25, 0.3) is 17.1 Å². The van der Waals surface area contributed by atoms with Crippen LogP contribution < -0.4 is 14.4 Å². The molecule has 0 spiro atoms. The Morgan fingerprint density at radius 3 is 2.43 bits per heavy atom. The molecule has 2 heterocycles. The van der Waals surface area contributed by atoms with Gasteiger partial charge in [0.05, 0.1) is 24.2 Å². The van der Waals surface area contributed by atoms with E-state index in [1.165, 1.54) is 47.3 Å². The summed E-state index contributed by atoms with van der Waals surface area (Å²) in [5, 5.41) is 4.44. The van der Waals surface area contributed by atoms with Crippen molar-refractivity contribution >= 4 is 34.6 Å². The fraction of sp³-hybridized carbons (Fsp3) is 0.207. The van der Waals surface area contributed by atoms with E-state index in [-0.39, 0.29) is 28.1 Å². The first-order valence-electron chi connectivity index (χ1n) is 12.9. The van der Waals surface area contributed by atoms with Crippen molar-refractivity contribution in [2.24, 2.45) is 4.99 Å². The summed E-state index contributed by atoms with van der Waals surface area (Å²) in [5.74, 6) is 0.375. The lowest BCUT2D eigenvalue weighted by molar-refractivity contribution is -0.274. The van der Waals surface area contributed by atoms with Crippen LogP contribution in [0.3, 0.4) is 0 Å². The SMILES string of the molecule is COc1ccc(N2C(=O)CS/C2=N\C(=O)OCC(F)c2ccc(-c3ncn(-c4ccc(OC(F)(F)F)cc4)n3)cc2)c(C)c1. The van der Waals surface area contributed by atoms with E-state index in [0.29, 0.717) is 28.5 Å². The van der Waals surface area contributed by atoms with Gasteiger partial charge in [0.1, 0.15) is 24.4 Å². The number of amides is 2. The zero-order valence-corrected chi connectivity index (χ0v) is 23.9. The molecule has 0 bridgehead atoms. The van der Waals surface area contributed by atoms with Crippen LogP contribution in [0.15, 0.2) is 78.0 Å². The highest BCUT2D eigenvalue weighted by molar-refractivity contribution is 8.15. The van der Waals surface area contributed by atoms with Crippen molar-refractivity contribution in [1.82, 2.24) is 14.8 Å². The summed E-state index contributed by atoms with van der Waals surface area (Å²) < 4.78 is 67.5. The van der Waals surface area contributed by atoms with E-state index >= 15 is 0 Å². The Morgan fingerprint density at radius 1 is 1.07 bits per heavy atom.